The minimum absolute atomic E-state index is 0.527. The molecular formula is C15H26N4O3. The van der Waals surface area contributed by atoms with Crippen LogP contribution < -0.4 is 5.73 Å². The molecule has 0 bridgehead atoms. The van der Waals surface area contributed by atoms with Crippen molar-refractivity contribution in [3.8, 4) is 0 Å². The number of anilines is 1. The second-order valence-electron chi connectivity index (χ2n) is 6.75. The first-order valence-electron chi connectivity index (χ1n) is 7.75. The van der Waals surface area contributed by atoms with Crippen LogP contribution in [0.2, 0.25) is 0 Å². The number of carbonyl (C=O) groups is 1. The maximum atomic E-state index is 11.6. The number of nitrogen functional groups attached to an aromatic ring is 1. The molecule has 0 saturated carbocycles. The molecule has 2 N–H and O–H groups in total. The number of hydroxylamine groups is 2. The quantitative estimate of drug-likeness (QED) is 0.860. The molecule has 0 spiro atoms. The fourth-order valence-corrected chi connectivity index (χ4v) is 2.48. The molecule has 0 aliphatic carbocycles. The van der Waals surface area contributed by atoms with Crippen molar-refractivity contribution in [1.82, 2.24) is 14.8 Å². The van der Waals surface area contributed by atoms with Gasteiger partial charge in [0.25, 0.3) is 0 Å². The van der Waals surface area contributed by atoms with Crippen LogP contribution in [-0.4, -0.2) is 39.7 Å². The summed E-state index contributed by atoms with van der Waals surface area (Å²) in [6.07, 6.45) is 5.94. The number of piperidine rings is 1. The summed E-state index contributed by atoms with van der Waals surface area (Å²) in [5.74, 6) is 0.615. The Balaban J connectivity index is 1.66. The van der Waals surface area contributed by atoms with Crippen LogP contribution in [0.25, 0.3) is 0 Å². The molecule has 1 aromatic heterocycles. The summed E-state index contributed by atoms with van der Waals surface area (Å²) in [4.78, 5) is 16.8. The summed E-state index contributed by atoms with van der Waals surface area (Å²) in [6, 6.07) is 0. The molecule has 7 heteroatoms. The van der Waals surface area contributed by atoms with E-state index in [0.29, 0.717) is 11.6 Å². The number of rotatable bonds is 4. The van der Waals surface area contributed by atoms with Crippen LogP contribution >= 0.6 is 0 Å². The zero-order chi connectivity index (χ0) is 16.2. The van der Waals surface area contributed by atoms with E-state index >= 15 is 0 Å². The van der Waals surface area contributed by atoms with E-state index in [-0.39, 0.29) is 0 Å². The Morgan fingerprint density at radius 3 is 2.64 bits per heavy atom. The Hall–Kier alpha value is -1.76. The molecule has 1 saturated heterocycles. The third-order valence-corrected chi connectivity index (χ3v) is 3.59. The van der Waals surface area contributed by atoms with Crippen LogP contribution in [0.3, 0.4) is 0 Å². The number of hydrogen-bond acceptors (Lipinski definition) is 6. The van der Waals surface area contributed by atoms with Crippen LogP contribution in [0.4, 0.5) is 10.5 Å². The lowest BCUT2D eigenvalue weighted by atomic mass is 9.94. The summed E-state index contributed by atoms with van der Waals surface area (Å²) in [5, 5.41) is 5.87. The number of aromatic nitrogens is 2. The van der Waals surface area contributed by atoms with Gasteiger partial charge < -0.3 is 15.3 Å². The molecule has 1 aliphatic rings. The Bertz CT molecular complexity index is 487. The average molecular weight is 310 g/mol. The van der Waals surface area contributed by atoms with Crippen LogP contribution in [-0.2, 0) is 16.1 Å². The largest absolute Gasteiger partial charge is 0.528 e. The van der Waals surface area contributed by atoms with Crippen molar-refractivity contribution in [1.29, 1.82) is 0 Å². The standard InChI is InChI=1S/C15H26N4O3/c1-15(2,3)21-14(20)22-19-8-5-12(6-9-19)4-7-18-11-13(16)10-17-18/h10-12H,4-9,16H2,1-3H3. The van der Waals surface area contributed by atoms with Crippen molar-refractivity contribution in [2.24, 2.45) is 5.92 Å². The highest BCUT2D eigenvalue weighted by atomic mass is 16.8. The minimum atomic E-state index is -0.627. The van der Waals surface area contributed by atoms with Gasteiger partial charge in [-0.2, -0.15) is 5.10 Å². The molecule has 1 aliphatic heterocycles. The van der Waals surface area contributed by atoms with Gasteiger partial charge in [0.15, 0.2) is 0 Å². The molecule has 2 heterocycles. The van der Waals surface area contributed by atoms with Crippen molar-refractivity contribution >= 4 is 11.8 Å². The van der Waals surface area contributed by atoms with Crippen molar-refractivity contribution in [2.45, 2.75) is 52.2 Å². The van der Waals surface area contributed by atoms with E-state index in [1.54, 1.807) is 11.3 Å². The molecule has 0 radical (unpaired) electrons. The number of ether oxygens (including phenoxy) is 1. The molecule has 0 atom stereocenters. The van der Waals surface area contributed by atoms with Crippen molar-refractivity contribution < 1.29 is 14.4 Å². The maximum Gasteiger partial charge on any atom is 0.528 e. The van der Waals surface area contributed by atoms with E-state index < -0.39 is 11.8 Å². The second kappa shape index (κ2) is 7.00. The number of nitrogens with zero attached hydrogens (tertiary/aromatic N) is 3. The average Bonchev–Trinajstić information content (AvgIpc) is 2.81. The summed E-state index contributed by atoms with van der Waals surface area (Å²) >= 11 is 0. The fraction of sp³-hybridized carbons (Fsp3) is 0.733. The molecule has 0 aromatic carbocycles. The lowest BCUT2D eigenvalue weighted by molar-refractivity contribution is -0.155. The van der Waals surface area contributed by atoms with Gasteiger partial charge in [-0.25, -0.2) is 4.79 Å². The van der Waals surface area contributed by atoms with Crippen LogP contribution in [0.5, 0.6) is 0 Å². The SMILES string of the molecule is CC(C)(C)OC(=O)ON1CCC(CCn2cc(N)cn2)CC1. The number of hydrogen-bond donors (Lipinski definition) is 1. The minimum Gasteiger partial charge on any atom is -0.427 e. The van der Waals surface area contributed by atoms with E-state index in [1.165, 1.54) is 0 Å². The van der Waals surface area contributed by atoms with Crippen LogP contribution in [0.15, 0.2) is 12.4 Å². The summed E-state index contributed by atoms with van der Waals surface area (Å²) in [5.41, 5.74) is 5.81. The number of carbonyl (C=O) groups excluding carboxylic acids is 1. The third kappa shape index (κ3) is 5.55. The molecule has 1 fully saturated rings. The first-order chi connectivity index (χ1) is 10.3. The van der Waals surface area contributed by atoms with Gasteiger partial charge in [0, 0.05) is 25.8 Å². The van der Waals surface area contributed by atoms with E-state index in [0.717, 1.165) is 38.9 Å². The van der Waals surface area contributed by atoms with Gasteiger partial charge in [0.2, 0.25) is 0 Å². The van der Waals surface area contributed by atoms with Gasteiger partial charge in [-0.3, -0.25) is 4.68 Å². The first-order valence-corrected chi connectivity index (χ1v) is 7.75. The predicted molar refractivity (Wildman–Crippen MR) is 82.9 cm³/mol. The van der Waals surface area contributed by atoms with Gasteiger partial charge in [-0.1, -0.05) is 0 Å². The van der Waals surface area contributed by atoms with Crippen LogP contribution in [0, 0.1) is 5.92 Å². The lowest BCUT2D eigenvalue weighted by Crippen LogP contribution is -2.37. The van der Waals surface area contributed by atoms with E-state index in [4.69, 9.17) is 15.3 Å². The second-order valence-corrected chi connectivity index (χ2v) is 6.75. The Kier molecular flexibility index (Phi) is 5.28. The molecule has 1 aromatic rings. The lowest BCUT2D eigenvalue weighted by Gasteiger charge is -2.31. The Morgan fingerprint density at radius 2 is 2.09 bits per heavy atom. The molecule has 2 rings (SSSR count). The highest BCUT2D eigenvalue weighted by Gasteiger charge is 2.24. The summed E-state index contributed by atoms with van der Waals surface area (Å²) < 4.78 is 7.02. The zero-order valence-corrected chi connectivity index (χ0v) is 13.6. The molecule has 124 valence electrons. The highest BCUT2D eigenvalue weighted by Crippen LogP contribution is 2.22. The Labute approximate surface area is 131 Å². The predicted octanol–water partition coefficient (Wildman–Crippen LogP) is 2.43. The van der Waals surface area contributed by atoms with Gasteiger partial charge in [0.1, 0.15) is 5.60 Å². The zero-order valence-electron chi connectivity index (χ0n) is 13.6. The monoisotopic (exact) mass is 310 g/mol. The highest BCUT2D eigenvalue weighted by molar-refractivity contribution is 5.60. The molecule has 0 unspecified atom stereocenters. The van der Waals surface area contributed by atoms with Gasteiger partial charge in [0.05, 0.1) is 11.9 Å². The topological polar surface area (TPSA) is 82.6 Å². The summed E-state index contributed by atoms with van der Waals surface area (Å²) in [7, 11) is 0. The first kappa shape index (κ1) is 16.6. The molecular weight excluding hydrogens is 284 g/mol. The van der Waals surface area contributed by atoms with Gasteiger partial charge in [-0.15, -0.1) is 5.06 Å². The third-order valence-electron chi connectivity index (χ3n) is 3.59. The normalized spacial score (nSPS) is 17.4. The molecule has 0 amide bonds. The van der Waals surface area contributed by atoms with Crippen molar-refractivity contribution in [2.75, 3.05) is 18.8 Å². The number of aryl methyl sites for hydroxylation is 1. The molecule has 22 heavy (non-hydrogen) atoms. The number of nitrogens with two attached hydrogens (primary N) is 1. The van der Waals surface area contributed by atoms with E-state index in [2.05, 4.69) is 5.10 Å². The Morgan fingerprint density at radius 1 is 1.41 bits per heavy atom. The van der Waals surface area contributed by atoms with Crippen LogP contribution in [0.1, 0.15) is 40.0 Å². The van der Waals surface area contributed by atoms with E-state index in [9.17, 15) is 4.79 Å². The fourth-order valence-electron chi connectivity index (χ4n) is 2.48. The molecule has 7 nitrogen and oxygen atoms in total. The van der Waals surface area contributed by atoms with Gasteiger partial charge in [-0.05, 0) is 46.0 Å². The maximum absolute atomic E-state index is 11.6. The smallest absolute Gasteiger partial charge is 0.427 e. The summed E-state index contributed by atoms with van der Waals surface area (Å²) in [6.45, 7) is 7.82. The van der Waals surface area contributed by atoms with Crippen molar-refractivity contribution in [3.05, 3.63) is 12.4 Å². The van der Waals surface area contributed by atoms with Crippen molar-refractivity contribution in [3.63, 3.8) is 0 Å². The van der Waals surface area contributed by atoms with E-state index in [1.807, 2.05) is 31.6 Å². The van der Waals surface area contributed by atoms with Gasteiger partial charge >= 0.3 is 6.16 Å².